The van der Waals surface area contributed by atoms with Crippen LogP contribution in [0.3, 0.4) is 0 Å². The Kier molecular flexibility index (Phi) is 5.37. The van der Waals surface area contributed by atoms with Crippen LogP contribution >= 0.6 is 0 Å². The number of aryl methyl sites for hydroxylation is 1. The lowest BCUT2D eigenvalue weighted by Crippen LogP contribution is -2.48. The SMILES string of the molecule is Cc1cc(CN2CCN(C(=O)CCNc3ncccn3)CC2)on1. The fraction of sp³-hybridized carbons (Fsp3) is 0.500. The molecule has 3 heterocycles. The molecule has 1 amide bonds. The lowest BCUT2D eigenvalue weighted by molar-refractivity contribution is -0.132. The summed E-state index contributed by atoms with van der Waals surface area (Å²) in [7, 11) is 0. The number of hydrogen-bond acceptors (Lipinski definition) is 7. The number of hydrogen-bond donors (Lipinski definition) is 1. The average molecular weight is 330 g/mol. The summed E-state index contributed by atoms with van der Waals surface area (Å²) in [5.74, 6) is 1.59. The van der Waals surface area contributed by atoms with Gasteiger partial charge in [0.25, 0.3) is 0 Å². The molecule has 1 N–H and O–H groups in total. The van der Waals surface area contributed by atoms with E-state index in [0.717, 1.165) is 44.2 Å². The Morgan fingerprint density at radius 2 is 2.00 bits per heavy atom. The van der Waals surface area contributed by atoms with Gasteiger partial charge in [-0.05, 0) is 13.0 Å². The number of rotatable bonds is 6. The van der Waals surface area contributed by atoms with E-state index in [2.05, 4.69) is 25.3 Å². The molecule has 0 unspecified atom stereocenters. The maximum Gasteiger partial charge on any atom is 0.224 e. The Hall–Kier alpha value is -2.48. The van der Waals surface area contributed by atoms with Gasteiger partial charge in [0, 0.05) is 57.6 Å². The summed E-state index contributed by atoms with van der Waals surface area (Å²) < 4.78 is 5.24. The Morgan fingerprint density at radius 3 is 2.67 bits per heavy atom. The van der Waals surface area contributed by atoms with Gasteiger partial charge >= 0.3 is 0 Å². The van der Waals surface area contributed by atoms with Crippen LogP contribution in [0.2, 0.25) is 0 Å². The number of anilines is 1. The summed E-state index contributed by atoms with van der Waals surface area (Å²) in [5, 5.41) is 6.96. The van der Waals surface area contributed by atoms with E-state index in [4.69, 9.17) is 4.52 Å². The third-order valence-electron chi connectivity index (χ3n) is 3.97. The molecule has 128 valence electrons. The Bertz CT molecular complexity index is 652. The van der Waals surface area contributed by atoms with Crippen LogP contribution in [0, 0.1) is 6.92 Å². The first-order valence-electron chi connectivity index (χ1n) is 8.14. The van der Waals surface area contributed by atoms with Crippen molar-refractivity contribution in [3.05, 3.63) is 36.0 Å². The van der Waals surface area contributed by atoms with E-state index in [1.54, 1.807) is 18.5 Å². The van der Waals surface area contributed by atoms with Gasteiger partial charge in [-0.15, -0.1) is 0 Å². The third-order valence-corrected chi connectivity index (χ3v) is 3.97. The van der Waals surface area contributed by atoms with Crippen molar-refractivity contribution < 1.29 is 9.32 Å². The van der Waals surface area contributed by atoms with Crippen molar-refractivity contribution in [2.45, 2.75) is 19.9 Å². The van der Waals surface area contributed by atoms with E-state index in [0.29, 0.717) is 18.9 Å². The first kappa shape index (κ1) is 16.4. The van der Waals surface area contributed by atoms with Crippen LogP contribution in [-0.4, -0.2) is 63.6 Å². The lowest BCUT2D eigenvalue weighted by atomic mass is 10.2. The minimum Gasteiger partial charge on any atom is -0.360 e. The molecule has 1 aliphatic rings. The highest BCUT2D eigenvalue weighted by Gasteiger charge is 2.21. The van der Waals surface area contributed by atoms with Gasteiger partial charge in [0.1, 0.15) is 0 Å². The lowest BCUT2D eigenvalue weighted by Gasteiger charge is -2.34. The molecule has 8 heteroatoms. The van der Waals surface area contributed by atoms with Crippen LogP contribution in [-0.2, 0) is 11.3 Å². The molecule has 0 atom stereocenters. The van der Waals surface area contributed by atoms with Gasteiger partial charge < -0.3 is 14.7 Å². The first-order valence-corrected chi connectivity index (χ1v) is 8.14. The molecule has 2 aromatic rings. The van der Waals surface area contributed by atoms with Gasteiger partial charge in [0.05, 0.1) is 12.2 Å². The number of aromatic nitrogens is 3. The minimum absolute atomic E-state index is 0.161. The number of nitrogens with zero attached hydrogens (tertiary/aromatic N) is 5. The van der Waals surface area contributed by atoms with E-state index in [9.17, 15) is 4.79 Å². The van der Waals surface area contributed by atoms with Crippen LogP contribution < -0.4 is 5.32 Å². The molecule has 1 fully saturated rings. The number of amides is 1. The summed E-state index contributed by atoms with van der Waals surface area (Å²) in [6, 6.07) is 3.71. The van der Waals surface area contributed by atoms with Gasteiger partial charge in [-0.3, -0.25) is 9.69 Å². The highest BCUT2D eigenvalue weighted by molar-refractivity contribution is 5.76. The molecule has 1 saturated heterocycles. The molecular weight excluding hydrogens is 308 g/mol. The zero-order valence-electron chi connectivity index (χ0n) is 13.8. The van der Waals surface area contributed by atoms with Gasteiger partial charge in [0.15, 0.2) is 5.76 Å². The fourth-order valence-electron chi connectivity index (χ4n) is 2.70. The quantitative estimate of drug-likeness (QED) is 0.842. The minimum atomic E-state index is 0.161. The molecule has 1 aliphatic heterocycles. The molecule has 0 spiro atoms. The van der Waals surface area contributed by atoms with Crippen LogP contribution in [0.1, 0.15) is 17.9 Å². The highest BCUT2D eigenvalue weighted by atomic mass is 16.5. The van der Waals surface area contributed by atoms with Gasteiger partial charge in [-0.1, -0.05) is 5.16 Å². The Morgan fingerprint density at radius 1 is 1.25 bits per heavy atom. The summed E-state index contributed by atoms with van der Waals surface area (Å²) in [6.07, 6.45) is 3.79. The second-order valence-electron chi connectivity index (χ2n) is 5.84. The molecule has 8 nitrogen and oxygen atoms in total. The van der Waals surface area contributed by atoms with Gasteiger partial charge in [-0.25, -0.2) is 9.97 Å². The number of carbonyl (C=O) groups excluding carboxylic acids is 1. The smallest absolute Gasteiger partial charge is 0.224 e. The fourth-order valence-corrected chi connectivity index (χ4v) is 2.70. The molecule has 0 aromatic carbocycles. The molecule has 0 bridgehead atoms. The number of carbonyl (C=O) groups is 1. The van der Waals surface area contributed by atoms with E-state index < -0.39 is 0 Å². The Labute approximate surface area is 140 Å². The molecule has 24 heavy (non-hydrogen) atoms. The van der Waals surface area contributed by atoms with Crippen molar-refractivity contribution in [1.82, 2.24) is 24.9 Å². The van der Waals surface area contributed by atoms with Crippen LogP contribution in [0.25, 0.3) is 0 Å². The molecule has 0 aliphatic carbocycles. The highest BCUT2D eigenvalue weighted by Crippen LogP contribution is 2.10. The standard InChI is InChI=1S/C16H22N6O2/c1-13-11-14(24-20-13)12-21-7-9-22(10-8-21)15(23)3-6-19-16-17-4-2-5-18-16/h2,4-5,11H,3,6-10,12H2,1H3,(H,17,18,19). The van der Waals surface area contributed by atoms with E-state index in [1.807, 2.05) is 17.9 Å². The summed E-state index contributed by atoms with van der Waals surface area (Å²) in [5.41, 5.74) is 0.897. The average Bonchev–Trinajstić information content (AvgIpc) is 3.01. The maximum absolute atomic E-state index is 12.3. The molecule has 3 rings (SSSR count). The predicted molar refractivity (Wildman–Crippen MR) is 88.2 cm³/mol. The maximum atomic E-state index is 12.3. The third kappa shape index (κ3) is 4.51. The van der Waals surface area contributed by atoms with Gasteiger partial charge in [0.2, 0.25) is 11.9 Å². The number of piperazine rings is 1. The van der Waals surface area contributed by atoms with Gasteiger partial charge in [-0.2, -0.15) is 0 Å². The molecule has 0 radical (unpaired) electrons. The van der Waals surface area contributed by atoms with Crippen molar-refractivity contribution in [1.29, 1.82) is 0 Å². The first-order chi connectivity index (χ1) is 11.7. The summed E-state index contributed by atoms with van der Waals surface area (Å²) in [4.78, 5) is 24.6. The second-order valence-corrected chi connectivity index (χ2v) is 5.84. The van der Waals surface area contributed by atoms with Crippen molar-refractivity contribution in [3.8, 4) is 0 Å². The van der Waals surface area contributed by atoms with Crippen molar-refractivity contribution in [3.63, 3.8) is 0 Å². The van der Waals surface area contributed by atoms with Crippen molar-refractivity contribution in [2.75, 3.05) is 38.0 Å². The van der Waals surface area contributed by atoms with Crippen molar-refractivity contribution in [2.24, 2.45) is 0 Å². The van der Waals surface area contributed by atoms with Crippen molar-refractivity contribution >= 4 is 11.9 Å². The topological polar surface area (TPSA) is 87.4 Å². The predicted octanol–water partition coefficient (Wildman–Crippen LogP) is 0.919. The van der Waals surface area contributed by atoms with E-state index >= 15 is 0 Å². The monoisotopic (exact) mass is 330 g/mol. The summed E-state index contributed by atoms with van der Waals surface area (Å²) in [6.45, 7) is 6.39. The molecule has 0 saturated carbocycles. The zero-order chi connectivity index (χ0) is 16.8. The largest absolute Gasteiger partial charge is 0.360 e. The Balaban J connectivity index is 1.37. The zero-order valence-corrected chi connectivity index (χ0v) is 13.8. The number of nitrogens with one attached hydrogen (secondary N) is 1. The van der Waals surface area contributed by atoms with E-state index in [-0.39, 0.29) is 5.91 Å². The van der Waals surface area contributed by atoms with Crippen LogP contribution in [0.5, 0.6) is 0 Å². The molecule has 2 aromatic heterocycles. The van der Waals surface area contributed by atoms with E-state index in [1.165, 1.54) is 0 Å². The van der Waals surface area contributed by atoms with Crippen LogP contribution in [0.15, 0.2) is 29.0 Å². The normalized spacial score (nSPS) is 15.5. The second kappa shape index (κ2) is 7.87. The molecular formula is C16H22N6O2. The summed E-state index contributed by atoms with van der Waals surface area (Å²) >= 11 is 0. The van der Waals surface area contributed by atoms with Crippen LogP contribution in [0.4, 0.5) is 5.95 Å².